The third kappa shape index (κ3) is 3.38. The van der Waals surface area contributed by atoms with E-state index >= 15 is 0 Å². The van der Waals surface area contributed by atoms with Gasteiger partial charge in [0.15, 0.2) is 6.61 Å². The van der Waals surface area contributed by atoms with Crippen LogP contribution in [0.15, 0.2) is 24.4 Å². The number of carbonyl (C=O) groups is 1. The lowest BCUT2D eigenvalue weighted by atomic mass is 9.93. The van der Waals surface area contributed by atoms with E-state index in [0.717, 1.165) is 29.5 Å². The van der Waals surface area contributed by atoms with E-state index in [1.807, 2.05) is 18.2 Å². The lowest BCUT2D eigenvalue weighted by Crippen LogP contribution is -2.14. The summed E-state index contributed by atoms with van der Waals surface area (Å²) in [5.41, 5.74) is 2.30. The average molecular weight is 289 g/mol. The number of rotatable bonds is 7. The molecule has 4 heteroatoms. The van der Waals surface area contributed by atoms with E-state index in [9.17, 15) is 4.79 Å². The van der Waals surface area contributed by atoms with E-state index < -0.39 is 0 Å². The molecule has 1 N–H and O–H groups in total. The summed E-state index contributed by atoms with van der Waals surface area (Å²) < 4.78 is 10.6. The zero-order valence-electron chi connectivity index (χ0n) is 12.9. The first-order valence-electron chi connectivity index (χ1n) is 7.59. The number of hydrogen-bond donors (Lipinski definition) is 1. The predicted molar refractivity (Wildman–Crippen MR) is 83.7 cm³/mol. The molecule has 0 aliphatic rings. The number of carbonyl (C=O) groups excluding carboxylic acids is 1. The molecule has 2 rings (SSSR count). The summed E-state index contributed by atoms with van der Waals surface area (Å²) in [7, 11) is 0. The van der Waals surface area contributed by atoms with E-state index in [1.54, 1.807) is 6.92 Å². The molecule has 2 aromatic rings. The van der Waals surface area contributed by atoms with Crippen LogP contribution in [-0.2, 0) is 9.53 Å². The molecule has 0 aliphatic carbocycles. The topological polar surface area (TPSA) is 51.3 Å². The average Bonchev–Trinajstić information content (AvgIpc) is 2.91. The molecular weight excluding hydrogens is 266 g/mol. The summed E-state index contributed by atoms with van der Waals surface area (Å²) in [6.45, 7) is 6.48. The number of aromatic amines is 1. The third-order valence-corrected chi connectivity index (χ3v) is 3.77. The fraction of sp³-hybridized carbons (Fsp3) is 0.471. The van der Waals surface area contributed by atoms with Gasteiger partial charge >= 0.3 is 5.97 Å². The van der Waals surface area contributed by atoms with E-state index in [4.69, 9.17) is 9.47 Å². The van der Waals surface area contributed by atoms with Gasteiger partial charge < -0.3 is 14.5 Å². The van der Waals surface area contributed by atoms with E-state index in [2.05, 4.69) is 25.0 Å². The maximum atomic E-state index is 11.5. The summed E-state index contributed by atoms with van der Waals surface area (Å²) in [5, 5.41) is 1.08. The molecule has 0 fully saturated rings. The SMILES string of the molecule is CCOC(=O)COc1cccc2[nH]cc(C(CC)CC)c12. The van der Waals surface area contributed by atoms with E-state index in [-0.39, 0.29) is 12.6 Å². The minimum Gasteiger partial charge on any atom is -0.481 e. The molecule has 114 valence electrons. The van der Waals surface area contributed by atoms with Crippen LogP contribution in [0.25, 0.3) is 10.9 Å². The number of benzene rings is 1. The van der Waals surface area contributed by atoms with Gasteiger partial charge in [-0.15, -0.1) is 0 Å². The number of H-pyrrole nitrogens is 1. The molecule has 0 saturated heterocycles. The van der Waals surface area contributed by atoms with Gasteiger partial charge in [0, 0.05) is 17.1 Å². The Morgan fingerprint density at radius 2 is 2.00 bits per heavy atom. The molecule has 4 nitrogen and oxygen atoms in total. The highest BCUT2D eigenvalue weighted by molar-refractivity contribution is 5.90. The van der Waals surface area contributed by atoms with Crippen LogP contribution in [0, 0.1) is 0 Å². The molecule has 0 spiro atoms. The van der Waals surface area contributed by atoms with Gasteiger partial charge in [0.05, 0.1) is 6.61 Å². The van der Waals surface area contributed by atoms with Crippen molar-refractivity contribution in [1.82, 2.24) is 4.98 Å². The van der Waals surface area contributed by atoms with Gasteiger partial charge in [0.25, 0.3) is 0 Å². The van der Waals surface area contributed by atoms with Crippen molar-refractivity contribution in [2.24, 2.45) is 0 Å². The van der Waals surface area contributed by atoms with Gasteiger partial charge in [-0.3, -0.25) is 0 Å². The Hall–Kier alpha value is -1.97. The molecule has 0 aliphatic heterocycles. The molecule has 0 radical (unpaired) electrons. The highest BCUT2D eigenvalue weighted by Gasteiger charge is 2.16. The molecule has 0 unspecified atom stereocenters. The second-order valence-electron chi connectivity index (χ2n) is 5.03. The summed E-state index contributed by atoms with van der Waals surface area (Å²) in [5.74, 6) is 0.893. The Balaban J connectivity index is 2.30. The summed E-state index contributed by atoms with van der Waals surface area (Å²) in [4.78, 5) is 14.8. The predicted octanol–water partition coefficient (Wildman–Crippen LogP) is 4.01. The molecule has 1 aromatic heterocycles. The fourth-order valence-electron chi connectivity index (χ4n) is 2.69. The highest BCUT2D eigenvalue weighted by atomic mass is 16.6. The molecule has 21 heavy (non-hydrogen) atoms. The fourth-order valence-corrected chi connectivity index (χ4v) is 2.69. The second-order valence-corrected chi connectivity index (χ2v) is 5.03. The van der Waals surface area contributed by atoms with Crippen molar-refractivity contribution >= 4 is 16.9 Å². The number of aromatic nitrogens is 1. The minimum absolute atomic E-state index is 0.0551. The molecule has 0 saturated carbocycles. The van der Waals surface area contributed by atoms with Gasteiger partial charge in [-0.05, 0) is 43.4 Å². The summed E-state index contributed by atoms with van der Waals surface area (Å²) >= 11 is 0. The van der Waals surface area contributed by atoms with Crippen LogP contribution in [-0.4, -0.2) is 24.2 Å². The Labute approximate surface area is 125 Å². The first-order chi connectivity index (χ1) is 10.2. The number of hydrogen-bond acceptors (Lipinski definition) is 3. The van der Waals surface area contributed by atoms with Crippen LogP contribution in [0.2, 0.25) is 0 Å². The quantitative estimate of drug-likeness (QED) is 0.783. The number of fused-ring (bicyclic) bond motifs is 1. The monoisotopic (exact) mass is 289 g/mol. The number of ether oxygens (including phenoxy) is 2. The zero-order valence-corrected chi connectivity index (χ0v) is 12.9. The second kappa shape index (κ2) is 7.16. The van der Waals surface area contributed by atoms with Gasteiger partial charge in [0.2, 0.25) is 0 Å². The van der Waals surface area contributed by atoms with Crippen molar-refractivity contribution in [2.75, 3.05) is 13.2 Å². The van der Waals surface area contributed by atoms with Crippen LogP contribution < -0.4 is 4.74 Å². The lowest BCUT2D eigenvalue weighted by Gasteiger charge is -2.13. The van der Waals surface area contributed by atoms with Crippen LogP contribution in [0.5, 0.6) is 5.75 Å². The summed E-state index contributed by atoms with van der Waals surface area (Å²) in [6.07, 6.45) is 4.21. The molecule has 0 bridgehead atoms. The summed E-state index contributed by atoms with van der Waals surface area (Å²) in [6, 6.07) is 5.86. The minimum atomic E-state index is -0.339. The Bertz CT molecular complexity index is 599. The van der Waals surface area contributed by atoms with Gasteiger partial charge in [-0.25, -0.2) is 4.79 Å². The zero-order chi connectivity index (χ0) is 15.2. The van der Waals surface area contributed by atoms with Crippen LogP contribution >= 0.6 is 0 Å². The van der Waals surface area contributed by atoms with Crippen LogP contribution in [0.3, 0.4) is 0 Å². The van der Waals surface area contributed by atoms with Gasteiger partial charge in [-0.2, -0.15) is 0 Å². The van der Waals surface area contributed by atoms with Gasteiger partial charge in [-0.1, -0.05) is 19.9 Å². The van der Waals surface area contributed by atoms with Crippen LogP contribution in [0.1, 0.15) is 45.1 Å². The molecule has 1 heterocycles. The first kappa shape index (κ1) is 15.4. The Morgan fingerprint density at radius 1 is 1.24 bits per heavy atom. The molecule has 0 amide bonds. The standard InChI is InChI=1S/C17H23NO3/c1-4-12(5-2)13-10-18-14-8-7-9-15(17(13)14)21-11-16(19)20-6-3/h7-10,12,18H,4-6,11H2,1-3H3. The van der Waals surface area contributed by atoms with Crippen molar-refractivity contribution in [3.05, 3.63) is 30.0 Å². The van der Waals surface area contributed by atoms with Crippen molar-refractivity contribution in [2.45, 2.75) is 39.5 Å². The maximum Gasteiger partial charge on any atom is 0.344 e. The Kier molecular flexibility index (Phi) is 5.26. The first-order valence-corrected chi connectivity index (χ1v) is 7.59. The molecule has 0 atom stereocenters. The van der Waals surface area contributed by atoms with Crippen molar-refractivity contribution in [3.63, 3.8) is 0 Å². The Morgan fingerprint density at radius 3 is 2.67 bits per heavy atom. The normalized spacial score (nSPS) is 11.0. The van der Waals surface area contributed by atoms with Crippen molar-refractivity contribution in [3.8, 4) is 5.75 Å². The van der Waals surface area contributed by atoms with Crippen LogP contribution in [0.4, 0.5) is 0 Å². The van der Waals surface area contributed by atoms with E-state index in [1.165, 1.54) is 5.56 Å². The largest absolute Gasteiger partial charge is 0.481 e. The number of esters is 1. The molecular formula is C17H23NO3. The van der Waals surface area contributed by atoms with E-state index in [0.29, 0.717) is 12.5 Å². The third-order valence-electron chi connectivity index (χ3n) is 3.77. The van der Waals surface area contributed by atoms with Crippen molar-refractivity contribution in [1.29, 1.82) is 0 Å². The lowest BCUT2D eigenvalue weighted by molar-refractivity contribution is -0.145. The smallest absolute Gasteiger partial charge is 0.344 e. The highest BCUT2D eigenvalue weighted by Crippen LogP contribution is 2.35. The van der Waals surface area contributed by atoms with Gasteiger partial charge in [0.1, 0.15) is 5.75 Å². The number of nitrogens with one attached hydrogen (secondary N) is 1. The van der Waals surface area contributed by atoms with Crippen molar-refractivity contribution < 1.29 is 14.3 Å². The maximum absolute atomic E-state index is 11.5. The molecule has 1 aromatic carbocycles.